The van der Waals surface area contributed by atoms with Crippen LogP contribution in [0.15, 0.2) is 48.8 Å². The number of rotatable bonds is 4. The van der Waals surface area contributed by atoms with E-state index in [4.69, 9.17) is 4.74 Å². The van der Waals surface area contributed by atoms with Gasteiger partial charge in [-0.1, -0.05) is 18.2 Å². The summed E-state index contributed by atoms with van der Waals surface area (Å²) in [6, 6.07) is 11.5. The van der Waals surface area contributed by atoms with Crippen molar-refractivity contribution in [1.29, 1.82) is 0 Å². The Balaban J connectivity index is 1.36. The van der Waals surface area contributed by atoms with E-state index in [0.717, 1.165) is 16.9 Å². The van der Waals surface area contributed by atoms with Crippen LogP contribution < -0.4 is 10.1 Å². The molecule has 1 unspecified atom stereocenters. The first kappa shape index (κ1) is 15.3. The Hall–Kier alpha value is -3.22. The molecule has 0 spiro atoms. The molecule has 1 aromatic carbocycles. The first-order chi connectivity index (χ1) is 12.3. The zero-order chi connectivity index (χ0) is 17.1. The largest absolute Gasteiger partial charge is 0.492 e. The lowest BCUT2D eigenvalue weighted by molar-refractivity contribution is -0.126. The summed E-state index contributed by atoms with van der Waals surface area (Å²) in [4.78, 5) is 20.8. The average molecular weight is 335 g/mol. The van der Waals surface area contributed by atoms with E-state index >= 15 is 0 Å². The van der Waals surface area contributed by atoms with Gasteiger partial charge in [-0.25, -0.2) is 4.98 Å². The molecule has 0 radical (unpaired) electrons. The SMILES string of the molecule is O=C(NCc1nc(-c2ccncc2)n[nH]1)C1COc2ccccc2C1. The van der Waals surface area contributed by atoms with E-state index in [1.165, 1.54) is 0 Å². The molecule has 1 amide bonds. The van der Waals surface area contributed by atoms with E-state index < -0.39 is 0 Å². The predicted molar refractivity (Wildman–Crippen MR) is 90.6 cm³/mol. The lowest BCUT2D eigenvalue weighted by Gasteiger charge is -2.24. The Morgan fingerprint density at radius 2 is 2.08 bits per heavy atom. The fourth-order valence-corrected chi connectivity index (χ4v) is 2.82. The number of pyridine rings is 1. The molecular formula is C18H17N5O2. The Labute approximate surface area is 144 Å². The minimum atomic E-state index is -0.197. The number of carbonyl (C=O) groups is 1. The van der Waals surface area contributed by atoms with Crippen molar-refractivity contribution in [1.82, 2.24) is 25.5 Å². The molecule has 0 saturated carbocycles. The maximum absolute atomic E-state index is 12.4. The van der Waals surface area contributed by atoms with Gasteiger partial charge >= 0.3 is 0 Å². The molecule has 0 saturated heterocycles. The fourth-order valence-electron chi connectivity index (χ4n) is 2.82. The van der Waals surface area contributed by atoms with Crippen LogP contribution in [0.25, 0.3) is 11.4 Å². The number of para-hydroxylation sites is 1. The van der Waals surface area contributed by atoms with Crippen molar-refractivity contribution in [2.75, 3.05) is 6.61 Å². The van der Waals surface area contributed by atoms with Crippen LogP contribution in [0.5, 0.6) is 5.75 Å². The molecule has 4 rings (SSSR count). The average Bonchev–Trinajstić information content (AvgIpc) is 3.15. The topological polar surface area (TPSA) is 92.8 Å². The number of aromatic nitrogens is 4. The number of ether oxygens (including phenoxy) is 1. The van der Waals surface area contributed by atoms with Crippen molar-refractivity contribution in [3.8, 4) is 17.1 Å². The van der Waals surface area contributed by atoms with Crippen molar-refractivity contribution in [3.63, 3.8) is 0 Å². The van der Waals surface area contributed by atoms with Crippen LogP contribution in [0.3, 0.4) is 0 Å². The van der Waals surface area contributed by atoms with Crippen molar-refractivity contribution in [2.45, 2.75) is 13.0 Å². The maximum Gasteiger partial charge on any atom is 0.227 e. The Bertz CT molecular complexity index is 878. The van der Waals surface area contributed by atoms with Crippen molar-refractivity contribution in [2.24, 2.45) is 5.92 Å². The van der Waals surface area contributed by atoms with Gasteiger partial charge in [0.15, 0.2) is 5.82 Å². The van der Waals surface area contributed by atoms with Crippen molar-refractivity contribution in [3.05, 3.63) is 60.2 Å². The molecule has 1 atom stereocenters. The number of amides is 1. The maximum atomic E-state index is 12.4. The third kappa shape index (κ3) is 3.35. The molecule has 25 heavy (non-hydrogen) atoms. The number of benzene rings is 1. The molecular weight excluding hydrogens is 318 g/mol. The monoisotopic (exact) mass is 335 g/mol. The highest BCUT2D eigenvalue weighted by atomic mass is 16.5. The molecule has 7 nitrogen and oxygen atoms in total. The van der Waals surface area contributed by atoms with E-state index in [2.05, 4.69) is 25.5 Å². The van der Waals surface area contributed by atoms with Gasteiger partial charge in [-0.3, -0.25) is 14.9 Å². The van der Waals surface area contributed by atoms with Crippen molar-refractivity contribution < 1.29 is 9.53 Å². The molecule has 2 aromatic heterocycles. The summed E-state index contributed by atoms with van der Waals surface area (Å²) in [5.41, 5.74) is 1.94. The van der Waals surface area contributed by atoms with Gasteiger partial charge in [-0.2, -0.15) is 5.10 Å². The van der Waals surface area contributed by atoms with E-state index in [1.54, 1.807) is 12.4 Å². The Kier molecular flexibility index (Phi) is 4.12. The minimum Gasteiger partial charge on any atom is -0.492 e. The first-order valence-electron chi connectivity index (χ1n) is 8.09. The van der Waals surface area contributed by atoms with E-state index in [0.29, 0.717) is 31.2 Å². The molecule has 126 valence electrons. The van der Waals surface area contributed by atoms with Gasteiger partial charge in [0.2, 0.25) is 5.91 Å². The van der Waals surface area contributed by atoms with Gasteiger partial charge in [0.05, 0.1) is 12.5 Å². The van der Waals surface area contributed by atoms with Gasteiger partial charge in [0, 0.05) is 18.0 Å². The highest BCUT2D eigenvalue weighted by molar-refractivity contribution is 5.79. The smallest absolute Gasteiger partial charge is 0.227 e. The zero-order valence-electron chi connectivity index (χ0n) is 13.5. The highest BCUT2D eigenvalue weighted by Gasteiger charge is 2.25. The summed E-state index contributed by atoms with van der Waals surface area (Å²) in [6.45, 7) is 0.691. The third-order valence-electron chi connectivity index (χ3n) is 4.15. The second kappa shape index (κ2) is 6.72. The lowest BCUT2D eigenvalue weighted by Crippen LogP contribution is -2.37. The van der Waals surface area contributed by atoms with E-state index in [1.807, 2.05) is 36.4 Å². The summed E-state index contributed by atoms with van der Waals surface area (Å²) in [7, 11) is 0. The summed E-state index contributed by atoms with van der Waals surface area (Å²) in [5, 5.41) is 9.92. The van der Waals surface area contributed by atoms with Crippen LogP contribution >= 0.6 is 0 Å². The van der Waals surface area contributed by atoms with Crippen LogP contribution in [-0.4, -0.2) is 32.7 Å². The molecule has 3 aromatic rings. The Morgan fingerprint density at radius 1 is 1.24 bits per heavy atom. The van der Waals surface area contributed by atoms with Crippen molar-refractivity contribution >= 4 is 5.91 Å². The molecule has 0 aliphatic carbocycles. The molecule has 0 fully saturated rings. The normalized spacial score (nSPS) is 15.9. The van der Waals surface area contributed by atoms with Gasteiger partial charge in [-0.15, -0.1) is 0 Å². The summed E-state index contributed by atoms with van der Waals surface area (Å²) < 4.78 is 5.67. The molecule has 1 aliphatic heterocycles. The second-order valence-corrected chi connectivity index (χ2v) is 5.88. The predicted octanol–water partition coefficient (Wildman–Crippen LogP) is 1.73. The van der Waals surface area contributed by atoms with E-state index in [-0.39, 0.29) is 11.8 Å². The van der Waals surface area contributed by atoms with Gasteiger partial charge < -0.3 is 10.1 Å². The molecule has 0 bridgehead atoms. The summed E-state index contributed by atoms with van der Waals surface area (Å²) in [5.74, 6) is 1.82. The zero-order valence-corrected chi connectivity index (χ0v) is 13.5. The quantitative estimate of drug-likeness (QED) is 0.757. The number of nitrogens with one attached hydrogen (secondary N) is 2. The highest BCUT2D eigenvalue weighted by Crippen LogP contribution is 2.26. The fraction of sp³-hybridized carbons (Fsp3) is 0.222. The first-order valence-corrected chi connectivity index (χ1v) is 8.09. The van der Waals surface area contributed by atoms with Crippen LogP contribution in [0.1, 0.15) is 11.4 Å². The molecule has 2 N–H and O–H groups in total. The van der Waals surface area contributed by atoms with Gasteiger partial charge in [-0.05, 0) is 30.2 Å². The van der Waals surface area contributed by atoms with Crippen LogP contribution in [-0.2, 0) is 17.8 Å². The third-order valence-corrected chi connectivity index (χ3v) is 4.15. The Morgan fingerprint density at radius 3 is 2.96 bits per heavy atom. The molecule has 7 heteroatoms. The summed E-state index contributed by atoms with van der Waals surface area (Å²) >= 11 is 0. The number of H-pyrrole nitrogens is 1. The number of carbonyl (C=O) groups excluding carboxylic acids is 1. The standard InChI is InChI=1S/C18H17N5O2/c24-18(14-9-13-3-1-2-4-15(13)25-11-14)20-10-16-21-17(23-22-16)12-5-7-19-8-6-12/h1-8,14H,9-11H2,(H,20,24)(H,21,22,23). The number of nitrogens with zero attached hydrogens (tertiary/aromatic N) is 3. The van der Waals surface area contributed by atoms with Gasteiger partial charge in [0.25, 0.3) is 0 Å². The van der Waals surface area contributed by atoms with Crippen LogP contribution in [0, 0.1) is 5.92 Å². The summed E-state index contributed by atoms with van der Waals surface area (Å²) in [6.07, 6.45) is 4.06. The lowest BCUT2D eigenvalue weighted by atomic mass is 9.96. The number of hydrogen-bond acceptors (Lipinski definition) is 5. The van der Waals surface area contributed by atoms with Crippen LogP contribution in [0.2, 0.25) is 0 Å². The number of aromatic amines is 1. The van der Waals surface area contributed by atoms with E-state index in [9.17, 15) is 4.79 Å². The molecule has 3 heterocycles. The number of hydrogen-bond donors (Lipinski definition) is 2. The second-order valence-electron chi connectivity index (χ2n) is 5.88. The number of fused-ring (bicyclic) bond motifs is 1. The molecule has 1 aliphatic rings. The van der Waals surface area contributed by atoms with Gasteiger partial charge in [0.1, 0.15) is 18.2 Å². The minimum absolute atomic E-state index is 0.0450. The van der Waals surface area contributed by atoms with Crippen LogP contribution in [0.4, 0.5) is 0 Å².